The Hall–Kier alpha value is -3.76. The maximum atomic E-state index is 13.2. The number of fused-ring (bicyclic) bond motifs is 1. The van der Waals surface area contributed by atoms with Crippen molar-refractivity contribution in [2.45, 2.75) is 26.0 Å². The molecule has 2 aromatic carbocycles. The van der Waals surface area contributed by atoms with Gasteiger partial charge in [0.1, 0.15) is 23.5 Å². The second kappa shape index (κ2) is 9.58. The van der Waals surface area contributed by atoms with Crippen molar-refractivity contribution in [1.82, 2.24) is 9.97 Å². The van der Waals surface area contributed by atoms with E-state index in [4.69, 9.17) is 25.1 Å². The van der Waals surface area contributed by atoms with E-state index >= 15 is 0 Å². The number of aromatic carboxylic acids is 1. The molecule has 0 saturated heterocycles. The number of ether oxygens (including phenoxy) is 3. The van der Waals surface area contributed by atoms with Gasteiger partial charge in [-0.05, 0) is 37.6 Å². The van der Waals surface area contributed by atoms with Crippen LogP contribution in [0.1, 0.15) is 35.3 Å². The van der Waals surface area contributed by atoms with Gasteiger partial charge in [-0.25, -0.2) is 19.2 Å². The number of carboxylic acid groups (broad SMARTS) is 1. The summed E-state index contributed by atoms with van der Waals surface area (Å²) in [5.41, 5.74) is 5.21. The third kappa shape index (κ3) is 5.48. The van der Waals surface area contributed by atoms with Crippen molar-refractivity contribution in [2.24, 2.45) is 5.73 Å². The Bertz CT molecular complexity index is 1120. The van der Waals surface area contributed by atoms with Crippen LogP contribution in [0.5, 0.6) is 23.1 Å². The molecule has 0 fully saturated rings. The topological polar surface area (TPSA) is 137 Å². The number of rotatable bonds is 5. The van der Waals surface area contributed by atoms with Crippen molar-refractivity contribution in [1.29, 1.82) is 0 Å². The van der Waals surface area contributed by atoms with E-state index in [1.54, 1.807) is 44.2 Å². The number of nitrogens with zero attached hydrogens (tertiary/aromatic N) is 2. The fraction of sp³-hybridized carbons (Fsp3) is 0.227. The van der Waals surface area contributed by atoms with E-state index in [-0.39, 0.29) is 30.6 Å². The largest absolute Gasteiger partial charge is 0.477 e. The van der Waals surface area contributed by atoms with Crippen LogP contribution in [0.2, 0.25) is 0 Å². The third-order valence-electron chi connectivity index (χ3n) is 4.44. The minimum absolute atomic E-state index is 0.0265. The van der Waals surface area contributed by atoms with Crippen LogP contribution in [0.4, 0.5) is 4.39 Å². The summed E-state index contributed by atoms with van der Waals surface area (Å²) in [5.74, 6) is 0.0298. The van der Waals surface area contributed by atoms with Crippen LogP contribution in [0.15, 0.2) is 48.9 Å². The first-order chi connectivity index (χ1) is 15.2. The van der Waals surface area contributed by atoms with Crippen LogP contribution < -0.4 is 19.9 Å². The molecular formula is C22H22FN3O6. The van der Waals surface area contributed by atoms with Crippen molar-refractivity contribution >= 4 is 5.97 Å². The predicted molar refractivity (Wildman–Crippen MR) is 111 cm³/mol. The smallest absolute Gasteiger partial charge is 0.342 e. The van der Waals surface area contributed by atoms with Crippen LogP contribution >= 0.6 is 0 Å². The Morgan fingerprint density at radius 3 is 2.62 bits per heavy atom. The van der Waals surface area contributed by atoms with Crippen LogP contribution in [-0.4, -0.2) is 32.9 Å². The lowest BCUT2D eigenvalue weighted by Gasteiger charge is -2.18. The average Bonchev–Trinajstić information content (AvgIpc) is 3.21. The molecule has 0 radical (unpaired) electrons. The van der Waals surface area contributed by atoms with E-state index < -0.39 is 11.6 Å². The fourth-order valence-corrected chi connectivity index (χ4v) is 2.69. The van der Waals surface area contributed by atoms with E-state index in [2.05, 4.69) is 9.97 Å². The van der Waals surface area contributed by atoms with Gasteiger partial charge in [0.15, 0.2) is 11.5 Å². The van der Waals surface area contributed by atoms with E-state index in [1.807, 2.05) is 0 Å². The average molecular weight is 443 g/mol. The summed E-state index contributed by atoms with van der Waals surface area (Å²) >= 11 is 0. The normalized spacial score (nSPS) is 12.0. The van der Waals surface area contributed by atoms with Gasteiger partial charge < -0.3 is 30.2 Å². The Kier molecular flexibility index (Phi) is 6.86. The monoisotopic (exact) mass is 443 g/mol. The Morgan fingerprint density at radius 1 is 1.22 bits per heavy atom. The molecule has 0 amide bonds. The summed E-state index contributed by atoms with van der Waals surface area (Å²) in [6, 6.07) is 9.53. The molecule has 0 bridgehead atoms. The molecule has 10 heteroatoms. The lowest BCUT2D eigenvalue weighted by Crippen LogP contribution is -2.16. The molecule has 3 aromatic rings. The number of nitrogens with two attached hydrogens (primary N) is 1. The molecule has 1 aliphatic rings. The maximum absolute atomic E-state index is 13.2. The molecule has 2 heterocycles. The number of hydrogen-bond donors (Lipinski definition) is 3. The summed E-state index contributed by atoms with van der Waals surface area (Å²) in [7, 11) is 0. The van der Waals surface area contributed by atoms with Gasteiger partial charge in [0.2, 0.25) is 12.7 Å². The van der Waals surface area contributed by atoms with Crippen molar-refractivity contribution in [3.8, 4) is 23.1 Å². The molecule has 4 N–H and O–H groups in total. The quantitative estimate of drug-likeness (QED) is 0.543. The van der Waals surface area contributed by atoms with E-state index in [0.29, 0.717) is 28.4 Å². The van der Waals surface area contributed by atoms with Gasteiger partial charge in [0.25, 0.3) is 0 Å². The molecule has 9 nitrogen and oxygen atoms in total. The van der Waals surface area contributed by atoms with Crippen molar-refractivity contribution in [2.75, 3.05) is 6.79 Å². The first-order valence-corrected chi connectivity index (χ1v) is 9.51. The van der Waals surface area contributed by atoms with Crippen LogP contribution in [0, 0.1) is 5.82 Å². The number of carboxylic acids is 1. The predicted octanol–water partition coefficient (Wildman–Crippen LogP) is 3.21. The van der Waals surface area contributed by atoms with Crippen LogP contribution in [0.3, 0.4) is 0 Å². The van der Waals surface area contributed by atoms with E-state index in [9.17, 15) is 14.3 Å². The molecule has 0 aliphatic carbocycles. The molecule has 4 rings (SSSR count). The van der Waals surface area contributed by atoms with Gasteiger partial charge in [-0.15, -0.1) is 0 Å². The number of aromatic nitrogens is 2. The molecule has 1 aromatic heterocycles. The highest BCUT2D eigenvalue weighted by Crippen LogP contribution is 2.36. The SMILES string of the molecule is CC(C)(O)c1ccc(CN)c(F)c1.O=C(O)c1cncnc1Oc1ccc2c(c1)OCO2. The standard InChI is InChI=1S/C12H8N2O5.C10H14FNO/c15-12(16)8-4-13-5-14-11(8)19-7-1-2-9-10(3-7)18-6-17-9;1-10(2,13)8-4-3-7(6-12)9(11)5-8/h1-5H,6H2,(H,15,16);3-5,13H,6,12H2,1-2H3. The Balaban J connectivity index is 0.000000195. The molecule has 0 atom stereocenters. The number of hydrogen-bond acceptors (Lipinski definition) is 8. The summed E-state index contributed by atoms with van der Waals surface area (Å²) in [5, 5.41) is 18.6. The second-order valence-electron chi connectivity index (χ2n) is 7.23. The number of halogens is 1. The number of carbonyl (C=O) groups is 1. The highest BCUT2D eigenvalue weighted by Gasteiger charge is 2.18. The van der Waals surface area contributed by atoms with Crippen molar-refractivity contribution < 1.29 is 33.6 Å². The number of benzene rings is 2. The second-order valence-corrected chi connectivity index (χ2v) is 7.23. The van der Waals surface area contributed by atoms with Gasteiger partial charge in [-0.2, -0.15) is 0 Å². The molecule has 0 saturated carbocycles. The first kappa shape index (κ1) is 22.9. The lowest BCUT2D eigenvalue weighted by molar-refractivity contribution is 0.0692. The summed E-state index contributed by atoms with van der Waals surface area (Å²) in [4.78, 5) is 18.4. The van der Waals surface area contributed by atoms with E-state index in [1.165, 1.54) is 18.6 Å². The highest BCUT2D eigenvalue weighted by atomic mass is 19.1. The van der Waals surface area contributed by atoms with Gasteiger partial charge in [0, 0.05) is 24.4 Å². The molecule has 32 heavy (non-hydrogen) atoms. The summed E-state index contributed by atoms with van der Waals surface area (Å²) in [6.07, 6.45) is 2.40. The van der Waals surface area contributed by atoms with Crippen LogP contribution in [0.25, 0.3) is 0 Å². The van der Waals surface area contributed by atoms with Crippen molar-refractivity contribution in [3.05, 3.63) is 71.4 Å². The molecule has 168 valence electrons. The zero-order valence-electron chi connectivity index (χ0n) is 17.4. The maximum Gasteiger partial charge on any atom is 0.342 e. The molecule has 0 spiro atoms. The zero-order chi connectivity index (χ0) is 23.3. The van der Waals surface area contributed by atoms with Crippen LogP contribution in [-0.2, 0) is 12.1 Å². The van der Waals surface area contributed by atoms with Gasteiger partial charge >= 0.3 is 5.97 Å². The Morgan fingerprint density at radius 2 is 1.97 bits per heavy atom. The lowest BCUT2D eigenvalue weighted by atomic mass is 9.97. The first-order valence-electron chi connectivity index (χ1n) is 9.51. The van der Waals surface area contributed by atoms with Gasteiger partial charge in [-0.1, -0.05) is 12.1 Å². The minimum atomic E-state index is -1.16. The van der Waals surface area contributed by atoms with Crippen molar-refractivity contribution in [3.63, 3.8) is 0 Å². The Labute approximate surface area is 183 Å². The minimum Gasteiger partial charge on any atom is -0.477 e. The van der Waals surface area contributed by atoms with E-state index in [0.717, 1.165) is 0 Å². The number of aliphatic hydroxyl groups is 1. The van der Waals surface area contributed by atoms with Gasteiger partial charge in [-0.3, -0.25) is 0 Å². The molecule has 0 unspecified atom stereocenters. The summed E-state index contributed by atoms with van der Waals surface area (Å²) < 4.78 is 29.0. The molecular weight excluding hydrogens is 421 g/mol. The van der Waals surface area contributed by atoms with Gasteiger partial charge in [0.05, 0.1) is 5.60 Å². The molecule has 1 aliphatic heterocycles. The third-order valence-corrected chi connectivity index (χ3v) is 4.44. The summed E-state index contributed by atoms with van der Waals surface area (Å²) in [6.45, 7) is 3.57. The fourth-order valence-electron chi connectivity index (χ4n) is 2.69. The zero-order valence-corrected chi connectivity index (χ0v) is 17.4. The highest BCUT2D eigenvalue weighted by molar-refractivity contribution is 5.89.